The van der Waals surface area contributed by atoms with Crippen LogP contribution in [0.4, 0.5) is 0 Å². The maximum Gasteiger partial charge on any atom is 0.227 e. The molecule has 0 N–H and O–H groups in total. The van der Waals surface area contributed by atoms with Gasteiger partial charge in [-0.1, -0.05) is 30.3 Å². The van der Waals surface area contributed by atoms with Gasteiger partial charge in [0, 0.05) is 11.6 Å². The Morgan fingerprint density at radius 3 is 2.78 bits per heavy atom. The van der Waals surface area contributed by atoms with E-state index in [9.17, 15) is 4.79 Å². The molecule has 4 nitrogen and oxygen atoms in total. The minimum Gasteiger partial charge on any atom is -0.460 e. The third kappa shape index (κ3) is 1.91. The monoisotopic (exact) mass is 244 g/mol. The summed E-state index contributed by atoms with van der Waals surface area (Å²) in [5.74, 6) is 1.26. The second-order valence-electron chi connectivity index (χ2n) is 4.15. The van der Waals surface area contributed by atoms with Gasteiger partial charge >= 0.3 is 0 Å². The molecule has 1 aliphatic heterocycles. The number of fused-ring (bicyclic) bond motifs is 1. The molecule has 0 unspecified atom stereocenters. The van der Waals surface area contributed by atoms with Crippen molar-refractivity contribution in [1.29, 1.82) is 0 Å². The maximum absolute atomic E-state index is 11.8. The van der Waals surface area contributed by atoms with Crippen LogP contribution in [0.1, 0.15) is 23.4 Å². The molecule has 18 heavy (non-hydrogen) atoms. The highest BCUT2D eigenvalue weighted by Crippen LogP contribution is 2.30. The van der Waals surface area contributed by atoms with Gasteiger partial charge in [-0.25, -0.2) is 0 Å². The normalized spacial score (nSPS) is 17.9. The van der Waals surface area contributed by atoms with E-state index in [1.165, 1.54) is 6.07 Å². The lowest BCUT2D eigenvalue weighted by Crippen LogP contribution is -2.22. The molecule has 0 amide bonds. The second-order valence-corrected chi connectivity index (χ2v) is 4.15. The van der Waals surface area contributed by atoms with Crippen LogP contribution in [0.5, 0.6) is 5.75 Å². The standard InChI is InChI=1S/C14H12O4/c1-9-7-11(15)13-12(17-9)8-16-14(18-13)10-5-3-2-4-6-10/h2-7,14H,8H2,1H3/t14-/m1/s1. The highest BCUT2D eigenvalue weighted by Gasteiger charge is 2.25. The van der Waals surface area contributed by atoms with Crippen LogP contribution in [-0.4, -0.2) is 0 Å². The lowest BCUT2D eigenvalue weighted by atomic mass is 10.2. The van der Waals surface area contributed by atoms with Gasteiger partial charge in [0.2, 0.25) is 17.5 Å². The van der Waals surface area contributed by atoms with Crippen molar-refractivity contribution in [2.75, 3.05) is 0 Å². The zero-order valence-corrected chi connectivity index (χ0v) is 9.88. The van der Waals surface area contributed by atoms with Gasteiger partial charge in [-0.05, 0) is 6.92 Å². The van der Waals surface area contributed by atoms with Crippen molar-refractivity contribution in [2.24, 2.45) is 0 Å². The van der Waals surface area contributed by atoms with Crippen LogP contribution >= 0.6 is 0 Å². The number of rotatable bonds is 1. The Morgan fingerprint density at radius 2 is 2.00 bits per heavy atom. The predicted molar refractivity (Wildman–Crippen MR) is 64.3 cm³/mol. The molecule has 2 aromatic rings. The van der Waals surface area contributed by atoms with Gasteiger partial charge in [0.1, 0.15) is 12.4 Å². The molecule has 1 aromatic heterocycles. The van der Waals surface area contributed by atoms with Crippen LogP contribution in [-0.2, 0) is 11.3 Å². The Labute approximate surface area is 104 Å². The number of aryl methyl sites for hydroxylation is 1. The minimum absolute atomic E-state index is 0.169. The number of hydrogen-bond acceptors (Lipinski definition) is 4. The van der Waals surface area contributed by atoms with Gasteiger partial charge in [-0.3, -0.25) is 4.79 Å². The first-order valence-electron chi connectivity index (χ1n) is 5.71. The Kier molecular flexibility index (Phi) is 2.64. The summed E-state index contributed by atoms with van der Waals surface area (Å²) >= 11 is 0. The first-order valence-corrected chi connectivity index (χ1v) is 5.71. The zero-order valence-electron chi connectivity index (χ0n) is 9.88. The first-order chi connectivity index (χ1) is 8.74. The van der Waals surface area contributed by atoms with Crippen LogP contribution in [0.2, 0.25) is 0 Å². The van der Waals surface area contributed by atoms with Crippen LogP contribution in [0.3, 0.4) is 0 Å². The Hall–Kier alpha value is -2.07. The Morgan fingerprint density at radius 1 is 1.22 bits per heavy atom. The van der Waals surface area contributed by atoms with Crippen molar-refractivity contribution in [1.82, 2.24) is 0 Å². The third-order valence-electron chi connectivity index (χ3n) is 2.76. The molecule has 0 fully saturated rings. The number of hydrogen-bond donors (Lipinski definition) is 0. The summed E-state index contributed by atoms with van der Waals surface area (Å²) in [5, 5.41) is 0. The average Bonchev–Trinajstić information content (AvgIpc) is 2.39. The molecule has 0 aliphatic carbocycles. The molecule has 2 heterocycles. The Balaban J connectivity index is 1.97. The predicted octanol–water partition coefficient (Wildman–Crippen LogP) is 2.56. The van der Waals surface area contributed by atoms with Gasteiger partial charge in [-0.15, -0.1) is 0 Å². The molecule has 0 saturated carbocycles. The summed E-state index contributed by atoms with van der Waals surface area (Å²) < 4.78 is 16.5. The van der Waals surface area contributed by atoms with Gasteiger partial charge in [0.05, 0.1) is 0 Å². The third-order valence-corrected chi connectivity index (χ3v) is 2.76. The van der Waals surface area contributed by atoms with Crippen LogP contribution < -0.4 is 10.2 Å². The van der Waals surface area contributed by atoms with Crippen molar-refractivity contribution in [3.05, 3.63) is 63.7 Å². The summed E-state index contributed by atoms with van der Waals surface area (Å²) in [4.78, 5) is 11.8. The molecule has 0 saturated heterocycles. The molecule has 92 valence electrons. The quantitative estimate of drug-likeness (QED) is 0.773. The van der Waals surface area contributed by atoms with Crippen LogP contribution in [0.15, 0.2) is 45.6 Å². The molecular weight excluding hydrogens is 232 g/mol. The summed E-state index contributed by atoms with van der Waals surface area (Å²) in [6.07, 6.45) is -0.552. The van der Waals surface area contributed by atoms with E-state index >= 15 is 0 Å². The van der Waals surface area contributed by atoms with Crippen molar-refractivity contribution >= 4 is 0 Å². The smallest absolute Gasteiger partial charge is 0.227 e. The summed E-state index contributed by atoms with van der Waals surface area (Å²) in [6.45, 7) is 1.97. The SMILES string of the molecule is Cc1cc(=O)c2c(o1)CO[C@@H](c1ccccc1)O2. The minimum atomic E-state index is -0.552. The van der Waals surface area contributed by atoms with Crippen LogP contribution in [0.25, 0.3) is 0 Å². The topological polar surface area (TPSA) is 48.7 Å². The fourth-order valence-electron chi connectivity index (χ4n) is 1.94. The summed E-state index contributed by atoms with van der Waals surface area (Å²) in [7, 11) is 0. The van der Waals surface area contributed by atoms with E-state index in [0.29, 0.717) is 11.5 Å². The number of benzene rings is 1. The number of ether oxygens (including phenoxy) is 2. The van der Waals surface area contributed by atoms with Crippen molar-refractivity contribution < 1.29 is 13.9 Å². The van der Waals surface area contributed by atoms with E-state index < -0.39 is 6.29 Å². The molecule has 1 aromatic carbocycles. The summed E-state index contributed by atoms with van der Waals surface area (Å²) in [5.41, 5.74) is 0.709. The molecule has 0 spiro atoms. The zero-order chi connectivity index (χ0) is 12.5. The molecule has 1 aliphatic rings. The first kappa shape index (κ1) is 11.0. The molecule has 1 atom stereocenters. The summed E-state index contributed by atoms with van der Waals surface area (Å²) in [6, 6.07) is 10.9. The Bertz CT molecular complexity index is 615. The molecule has 3 rings (SSSR count). The van der Waals surface area contributed by atoms with Gasteiger partial charge in [0.15, 0.2) is 5.76 Å². The van der Waals surface area contributed by atoms with Crippen molar-refractivity contribution in [3.8, 4) is 5.75 Å². The molecule has 4 heteroatoms. The van der Waals surface area contributed by atoms with Crippen molar-refractivity contribution in [3.63, 3.8) is 0 Å². The molecular formula is C14H12O4. The highest BCUT2D eigenvalue weighted by molar-refractivity contribution is 5.29. The van der Waals surface area contributed by atoms with Crippen molar-refractivity contribution in [2.45, 2.75) is 19.8 Å². The fourth-order valence-corrected chi connectivity index (χ4v) is 1.94. The largest absolute Gasteiger partial charge is 0.460 e. The highest BCUT2D eigenvalue weighted by atomic mass is 16.7. The van der Waals surface area contributed by atoms with E-state index in [4.69, 9.17) is 13.9 Å². The van der Waals surface area contributed by atoms with E-state index in [1.54, 1.807) is 6.92 Å². The van der Waals surface area contributed by atoms with Crippen LogP contribution in [0, 0.1) is 6.92 Å². The average molecular weight is 244 g/mol. The van der Waals surface area contributed by atoms with Gasteiger partial charge < -0.3 is 13.9 Å². The maximum atomic E-state index is 11.8. The van der Waals surface area contributed by atoms with Gasteiger partial charge in [-0.2, -0.15) is 0 Å². The van der Waals surface area contributed by atoms with E-state index in [-0.39, 0.29) is 17.8 Å². The van der Waals surface area contributed by atoms with E-state index in [2.05, 4.69) is 0 Å². The lowest BCUT2D eigenvalue weighted by molar-refractivity contribution is -0.121. The second kappa shape index (κ2) is 4.31. The van der Waals surface area contributed by atoms with E-state index in [1.807, 2.05) is 30.3 Å². The van der Waals surface area contributed by atoms with Gasteiger partial charge in [0.25, 0.3) is 0 Å². The fraction of sp³-hybridized carbons (Fsp3) is 0.214. The lowest BCUT2D eigenvalue weighted by Gasteiger charge is -2.25. The van der Waals surface area contributed by atoms with E-state index in [0.717, 1.165) is 5.56 Å². The molecule has 0 radical (unpaired) electrons. The molecule has 0 bridgehead atoms.